The van der Waals surface area contributed by atoms with Crippen LogP contribution in [-0.2, 0) is 16.0 Å². The van der Waals surface area contributed by atoms with Crippen LogP contribution in [0.5, 0.6) is 11.5 Å². The molecular weight excluding hydrogens is 272 g/mol. The normalized spacial score (nSPS) is 17.2. The van der Waals surface area contributed by atoms with Crippen LogP contribution in [0.4, 0.5) is 0 Å². The molecule has 2 rings (SSSR count). The third-order valence-corrected chi connectivity index (χ3v) is 3.47. The molecule has 1 unspecified atom stereocenters. The van der Waals surface area contributed by atoms with Crippen molar-refractivity contribution in [1.29, 1.82) is 0 Å². The Kier molecular flexibility index (Phi) is 5.03. The fraction of sp³-hybridized carbons (Fsp3) is 0.467. The largest absolute Gasteiger partial charge is 0.493 e. The van der Waals surface area contributed by atoms with Crippen LogP contribution in [0.15, 0.2) is 18.2 Å². The van der Waals surface area contributed by atoms with E-state index in [1.54, 1.807) is 14.2 Å². The molecule has 0 spiro atoms. The SMILES string of the molecule is COc1ccc(CCNC(=O)C2CCC(=O)N2)cc1OC. The van der Waals surface area contributed by atoms with E-state index in [1.165, 1.54) is 0 Å². The van der Waals surface area contributed by atoms with E-state index in [0.717, 1.165) is 5.56 Å². The molecule has 6 nitrogen and oxygen atoms in total. The van der Waals surface area contributed by atoms with Crippen LogP contribution >= 0.6 is 0 Å². The number of rotatable bonds is 6. The zero-order valence-electron chi connectivity index (χ0n) is 12.3. The van der Waals surface area contributed by atoms with Crippen molar-refractivity contribution in [2.75, 3.05) is 20.8 Å². The number of amides is 2. The first kappa shape index (κ1) is 15.2. The summed E-state index contributed by atoms with van der Waals surface area (Å²) in [6.45, 7) is 0.515. The zero-order valence-corrected chi connectivity index (χ0v) is 12.3. The van der Waals surface area contributed by atoms with Crippen LogP contribution in [0.3, 0.4) is 0 Å². The Bertz CT molecular complexity index is 530. The quantitative estimate of drug-likeness (QED) is 0.807. The second kappa shape index (κ2) is 6.97. The molecule has 0 radical (unpaired) electrons. The van der Waals surface area contributed by atoms with Crippen LogP contribution < -0.4 is 20.1 Å². The summed E-state index contributed by atoms with van der Waals surface area (Å²) in [7, 11) is 3.18. The summed E-state index contributed by atoms with van der Waals surface area (Å²) in [5, 5.41) is 5.48. The van der Waals surface area contributed by atoms with Crippen molar-refractivity contribution in [3.63, 3.8) is 0 Å². The van der Waals surface area contributed by atoms with Crippen molar-refractivity contribution < 1.29 is 19.1 Å². The number of benzene rings is 1. The van der Waals surface area contributed by atoms with Crippen LogP contribution in [0.25, 0.3) is 0 Å². The lowest BCUT2D eigenvalue weighted by Gasteiger charge is -2.12. The Morgan fingerprint density at radius 3 is 2.71 bits per heavy atom. The molecule has 1 fully saturated rings. The number of methoxy groups -OCH3 is 2. The van der Waals surface area contributed by atoms with Gasteiger partial charge in [0.2, 0.25) is 11.8 Å². The molecule has 1 aromatic rings. The Hall–Kier alpha value is -2.24. The molecule has 1 aromatic carbocycles. The van der Waals surface area contributed by atoms with E-state index < -0.39 is 0 Å². The van der Waals surface area contributed by atoms with Crippen LogP contribution in [0.1, 0.15) is 18.4 Å². The van der Waals surface area contributed by atoms with E-state index >= 15 is 0 Å². The van der Waals surface area contributed by atoms with E-state index in [4.69, 9.17) is 9.47 Å². The van der Waals surface area contributed by atoms with Gasteiger partial charge >= 0.3 is 0 Å². The minimum absolute atomic E-state index is 0.0601. The van der Waals surface area contributed by atoms with Crippen molar-refractivity contribution >= 4 is 11.8 Å². The number of carbonyl (C=O) groups is 2. The highest BCUT2D eigenvalue weighted by molar-refractivity contribution is 5.90. The maximum Gasteiger partial charge on any atom is 0.242 e. The predicted molar refractivity (Wildman–Crippen MR) is 77.4 cm³/mol. The van der Waals surface area contributed by atoms with Gasteiger partial charge in [0, 0.05) is 13.0 Å². The van der Waals surface area contributed by atoms with Gasteiger partial charge < -0.3 is 20.1 Å². The molecule has 114 valence electrons. The average Bonchev–Trinajstić information content (AvgIpc) is 2.93. The summed E-state index contributed by atoms with van der Waals surface area (Å²) >= 11 is 0. The van der Waals surface area contributed by atoms with Gasteiger partial charge in [-0.25, -0.2) is 0 Å². The van der Waals surface area contributed by atoms with E-state index in [0.29, 0.717) is 37.3 Å². The summed E-state index contributed by atoms with van der Waals surface area (Å²) in [6.07, 6.45) is 1.68. The summed E-state index contributed by atoms with van der Waals surface area (Å²) in [5.41, 5.74) is 1.04. The summed E-state index contributed by atoms with van der Waals surface area (Å²) in [5.74, 6) is 1.17. The first-order valence-corrected chi connectivity index (χ1v) is 6.92. The maximum atomic E-state index is 11.8. The minimum Gasteiger partial charge on any atom is -0.493 e. The maximum absolute atomic E-state index is 11.8. The van der Waals surface area contributed by atoms with Crippen molar-refractivity contribution in [3.05, 3.63) is 23.8 Å². The van der Waals surface area contributed by atoms with Gasteiger partial charge in [-0.05, 0) is 30.5 Å². The molecule has 0 aliphatic carbocycles. The van der Waals surface area contributed by atoms with E-state index in [1.807, 2.05) is 18.2 Å². The van der Waals surface area contributed by atoms with Crippen LogP contribution in [0, 0.1) is 0 Å². The monoisotopic (exact) mass is 292 g/mol. The summed E-state index contributed by atoms with van der Waals surface area (Å²) in [4.78, 5) is 22.9. The number of hydrogen-bond acceptors (Lipinski definition) is 4. The fourth-order valence-corrected chi connectivity index (χ4v) is 2.30. The van der Waals surface area contributed by atoms with Crippen LogP contribution in [-0.4, -0.2) is 38.6 Å². The lowest BCUT2D eigenvalue weighted by molar-refractivity contribution is -0.125. The lowest BCUT2D eigenvalue weighted by atomic mass is 10.1. The molecule has 2 N–H and O–H groups in total. The minimum atomic E-state index is -0.386. The van der Waals surface area contributed by atoms with E-state index in [9.17, 15) is 9.59 Å². The highest BCUT2D eigenvalue weighted by Crippen LogP contribution is 2.27. The second-order valence-electron chi connectivity index (χ2n) is 4.89. The molecular formula is C15H20N2O4. The molecule has 1 aliphatic rings. The number of nitrogens with one attached hydrogen (secondary N) is 2. The van der Waals surface area contributed by atoms with E-state index in [2.05, 4.69) is 10.6 Å². The average molecular weight is 292 g/mol. The molecule has 6 heteroatoms. The predicted octanol–water partition coefficient (Wildman–Crippen LogP) is 0.641. The lowest BCUT2D eigenvalue weighted by Crippen LogP contribution is -2.42. The van der Waals surface area contributed by atoms with E-state index in [-0.39, 0.29) is 17.9 Å². The summed E-state index contributed by atoms with van der Waals surface area (Å²) in [6, 6.07) is 5.28. The van der Waals surface area contributed by atoms with Gasteiger partial charge in [0.25, 0.3) is 0 Å². The van der Waals surface area contributed by atoms with Gasteiger partial charge in [-0.1, -0.05) is 6.07 Å². The standard InChI is InChI=1S/C15H20N2O4/c1-20-12-5-3-10(9-13(12)21-2)7-8-16-15(19)11-4-6-14(18)17-11/h3,5,9,11H,4,6-8H2,1-2H3,(H,16,19)(H,17,18). The third-order valence-electron chi connectivity index (χ3n) is 3.47. The molecule has 1 heterocycles. The summed E-state index contributed by atoms with van der Waals surface area (Å²) < 4.78 is 10.4. The molecule has 1 aliphatic heterocycles. The van der Waals surface area contributed by atoms with Gasteiger partial charge in [-0.3, -0.25) is 9.59 Å². The molecule has 0 bridgehead atoms. The third kappa shape index (κ3) is 3.87. The second-order valence-corrected chi connectivity index (χ2v) is 4.89. The molecule has 2 amide bonds. The topological polar surface area (TPSA) is 76.7 Å². The van der Waals surface area contributed by atoms with Crippen molar-refractivity contribution in [2.24, 2.45) is 0 Å². The van der Waals surface area contributed by atoms with Gasteiger partial charge in [0.1, 0.15) is 6.04 Å². The Labute approximate surface area is 123 Å². The molecule has 0 saturated carbocycles. The van der Waals surface area contributed by atoms with Crippen molar-refractivity contribution in [3.8, 4) is 11.5 Å². The van der Waals surface area contributed by atoms with Crippen molar-refractivity contribution in [1.82, 2.24) is 10.6 Å². The van der Waals surface area contributed by atoms with Gasteiger partial charge in [-0.15, -0.1) is 0 Å². The van der Waals surface area contributed by atoms with Crippen LogP contribution in [0.2, 0.25) is 0 Å². The first-order chi connectivity index (χ1) is 10.1. The molecule has 1 saturated heterocycles. The Balaban J connectivity index is 1.83. The molecule has 1 atom stereocenters. The first-order valence-electron chi connectivity index (χ1n) is 6.92. The molecule has 0 aromatic heterocycles. The Morgan fingerprint density at radius 1 is 1.33 bits per heavy atom. The van der Waals surface area contributed by atoms with Crippen molar-refractivity contribution in [2.45, 2.75) is 25.3 Å². The number of carbonyl (C=O) groups excluding carboxylic acids is 2. The molecule has 21 heavy (non-hydrogen) atoms. The van der Waals surface area contributed by atoms with Gasteiger partial charge in [0.05, 0.1) is 14.2 Å². The zero-order chi connectivity index (χ0) is 15.2. The van der Waals surface area contributed by atoms with Gasteiger partial charge in [-0.2, -0.15) is 0 Å². The Morgan fingerprint density at radius 2 is 2.10 bits per heavy atom. The smallest absolute Gasteiger partial charge is 0.242 e. The highest BCUT2D eigenvalue weighted by atomic mass is 16.5. The highest BCUT2D eigenvalue weighted by Gasteiger charge is 2.26. The fourth-order valence-electron chi connectivity index (χ4n) is 2.30. The van der Waals surface area contributed by atoms with Gasteiger partial charge in [0.15, 0.2) is 11.5 Å². The number of hydrogen-bond donors (Lipinski definition) is 2. The number of ether oxygens (including phenoxy) is 2.